The molecule has 10 nitrogen and oxygen atoms in total. The molecule has 0 saturated carbocycles. The van der Waals surface area contributed by atoms with E-state index in [0.29, 0.717) is 24.8 Å². The van der Waals surface area contributed by atoms with Gasteiger partial charge in [-0.1, -0.05) is 30.3 Å². The Labute approximate surface area is 184 Å². The van der Waals surface area contributed by atoms with Crippen LogP contribution in [0.5, 0.6) is 11.5 Å². The number of carbonyl (C=O) groups excluding carboxylic acids is 1. The highest BCUT2D eigenvalue weighted by Crippen LogP contribution is 2.36. The van der Waals surface area contributed by atoms with Gasteiger partial charge in [0.15, 0.2) is 12.4 Å². The number of amides is 1. The third kappa shape index (κ3) is 4.02. The van der Waals surface area contributed by atoms with Gasteiger partial charge in [-0.2, -0.15) is 0 Å². The van der Waals surface area contributed by atoms with Gasteiger partial charge >= 0.3 is 0 Å². The second-order valence-electron chi connectivity index (χ2n) is 7.62. The largest absolute Gasteiger partial charge is 0.497 e. The fraction of sp³-hybridized carbons (Fsp3) is 0.364. The molecule has 1 aromatic heterocycles. The maximum absolute atomic E-state index is 12.4. The van der Waals surface area contributed by atoms with Crippen molar-refractivity contribution in [1.29, 1.82) is 0 Å². The van der Waals surface area contributed by atoms with Gasteiger partial charge in [-0.3, -0.25) is 4.79 Å². The Morgan fingerprint density at radius 2 is 1.91 bits per heavy atom. The lowest BCUT2D eigenvalue weighted by molar-refractivity contribution is -0.124. The molecule has 4 atom stereocenters. The molecule has 2 aliphatic heterocycles. The Kier molecular flexibility index (Phi) is 5.70. The van der Waals surface area contributed by atoms with Crippen LogP contribution in [0.3, 0.4) is 0 Å². The Bertz CT molecular complexity index is 1080. The zero-order valence-corrected chi connectivity index (χ0v) is 17.5. The van der Waals surface area contributed by atoms with Crippen LogP contribution in [-0.4, -0.2) is 71.3 Å². The Balaban J connectivity index is 1.24. The molecule has 0 aliphatic carbocycles. The predicted octanol–water partition coefficient (Wildman–Crippen LogP) is 1.25. The van der Waals surface area contributed by atoms with E-state index in [1.807, 2.05) is 42.5 Å². The van der Waals surface area contributed by atoms with Crippen molar-refractivity contribution in [3.8, 4) is 22.9 Å². The van der Waals surface area contributed by atoms with Crippen LogP contribution in [0.2, 0.25) is 0 Å². The molecule has 32 heavy (non-hydrogen) atoms. The van der Waals surface area contributed by atoms with Crippen LogP contribution in [0.1, 0.15) is 6.04 Å². The summed E-state index contributed by atoms with van der Waals surface area (Å²) >= 11 is 0. The first-order chi connectivity index (χ1) is 15.7. The summed E-state index contributed by atoms with van der Waals surface area (Å²) in [4.78, 5) is 12.4. The van der Waals surface area contributed by atoms with Crippen molar-refractivity contribution in [2.45, 2.75) is 24.3 Å². The van der Waals surface area contributed by atoms with Crippen molar-refractivity contribution in [2.24, 2.45) is 0 Å². The van der Waals surface area contributed by atoms with E-state index in [1.165, 1.54) is 0 Å². The fourth-order valence-electron chi connectivity index (χ4n) is 4.10. The monoisotopic (exact) mass is 437 g/mol. The maximum Gasteiger partial charge on any atom is 0.258 e. The van der Waals surface area contributed by atoms with E-state index in [4.69, 9.17) is 18.9 Å². The molecule has 2 aliphatic rings. The normalized spacial score (nSPS) is 24.2. The molecular weight excluding hydrogens is 414 g/mol. The van der Waals surface area contributed by atoms with Crippen molar-refractivity contribution in [1.82, 2.24) is 25.5 Å². The van der Waals surface area contributed by atoms with E-state index in [2.05, 4.69) is 20.8 Å². The van der Waals surface area contributed by atoms with Gasteiger partial charge < -0.3 is 24.3 Å². The van der Waals surface area contributed by atoms with Gasteiger partial charge in [0.1, 0.15) is 29.7 Å². The van der Waals surface area contributed by atoms with E-state index in [0.717, 1.165) is 11.3 Å². The lowest BCUT2D eigenvalue weighted by atomic mass is 10.1. The molecular formula is C22H23N5O5. The maximum atomic E-state index is 12.4. The molecule has 2 fully saturated rings. The smallest absolute Gasteiger partial charge is 0.258 e. The molecule has 2 aromatic carbocycles. The number of carbonyl (C=O) groups is 1. The number of nitrogens with zero attached hydrogens (tertiary/aromatic N) is 4. The molecule has 0 bridgehead atoms. The van der Waals surface area contributed by atoms with E-state index in [-0.39, 0.29) is 36.8 Å². The van der Waals surface area contributed by atoms with E-state index in [9.17, 15) is 4.79 Å². The van der Waals surface area contributed by atoms with Crippen LogP contribution in [0, 0.1) is 0 Å². The second-order valence-corrected chi connectivity index (χ2v) is 7.62. The van der Waals surface area contributed by atoms with E-state index < -0.39 is 0 Å². The number of aromatic nitrogens is 4. The molecule has 0 unspecified atom stereocenters. The number of ether oxygens (including phenoxy) is 4. The molecule has 3 heterocycles. The zero-order valence-electron chi connectivity index (χ0n) is 17.5. The third-order valence-electron chi connectivity index (χ3n) is 5.62. The summed E-state index contributed by atoms with van der Waals surface area (Å²) in [6.07, 6.45) is -0.564. The molecule has 10 heteroatoms. The summed E-state index contributed by atoms with van der Waals surface area (Å²) in [5, 5.41) is 15.2. The first-order valence-electron chi connectivity index (χ1n) is 10.4. The summed E-state index contributed by atoms with van der Waals surface area (Å²) in [6.45, 7) is 0.651. The van der Waals surface area contributed by atoms with Crippen molar-refractivity contribution >= 4 is 5.91 Å². The van der Waals surface area contributed by atoms with Gasteiger partial charge in [-0.05, 0) is 34.7 Å². The Morgan fingerprint density at radius 1 is 1.09 bits per heavy atom. The average molecular weight is 437 g/mol. The Morgan fingerprint density at radius 3 is 2.75 bits per heavy atom. The number of fused-ring (bicyclic) bond motifs is 1. The minimum absolute atomic E-state index is 0.0751. The minimum Gasteiger partial charge on any atom is -0.497 e. The van der Waals surface area contributed by atoms with Gasteiger partial charge in [-0.15, -0.1) is 5.10 Å². The molecule has 5 rings (SSSR count). The van der Waals surface area contributed by atoms with E-state index in [1.54, 1.807) is 23.9 Å². The highest BCUT2D eigenvalue weighted by atomic mass is 16.6. The molecule has 166 valence electrons. The van der Waals surface area contributed by atoms with Crippen LogP contribution < -0.4 is 14.8 Å². The number of hydrogen-bond donors (Lipinski definition) is 1. The SMILES string of the molecule is COc1cccc(-c2nnnn2[C@H]2CO[C@H]3[C@@H]2OC[C@@H]3NC(=O)COc2ccccc2)c1. The quantitative estimate of drug-likeness (QED) is 0.588. The summed E-state index contributed by atoms with van der Waals surface area (Å²) < 4.78 is 24.6. The van der Waals surface area contributed by atoms with E-state index >= 15 is 0 Å². The molecule has 3 aromatic rings. The van der Waals surface area contributed by atoms with Crippen LogP contribution in [-0.2, 0) is 14.3 Å². The first-order valence-corrected chi connectivity index (χ1v) is 10.4. The van der Waals surface area contributed by atoms with Crippen molar-refractivity contribution < 1.29 is 23.7 Å². The molecule has 0 spiro atoms. The summed E-state index contributed by atoms with van der Waals surface area (Å²) in [5.41, 5.74) is 0.832. The van der Waals surface area contributed by atoms with Crippen molar-refractivity contribution in [3.63, 3.8) is 0 Å². The van der Waals surface area contributed by atoms with Gasteiger partial charge in [0.2, 0.25) is 0 Å². The molecule has 1 N–H and O–H groups in total. The molecule has 1 amide bonds. The summed E-state index contributed by atoms with van der Waals surface area (Å²) in [6, 6.07) is 16.3. The highest BCUT2D eigenvalue weighted by molar-refractivity contribution is 5.78. The van der Waals surface area contributed by atoms with Gasteiger partial charge in [0.25, 0.3) is 5.91 Å². The standard InChI is InChI=1S/C22H23N5O5/c1-29-16-9-5-6-14(10-16)22-24-25-26-27(22)18-12-32-20-17(11-31-21(18)20)23-19(28)13-30-15-7-3-2-4-8-15/h2-10,17-18,20-21H,11-13H2,1H3,(H,23,28)/t17-,18-,20+,21+/m0/s1. The van der Waals surface area contributed by atoms with Crippen LogP contribution in [0.15, 0.2) is 54.6 Å². The van der Waals surface area contributed by atoms with Crippen LogP contribution >= 0.6 is 0 Å². The number of hydrogen-bond acceptors (Lipinski definition) is 8. The lowest BCUT2D eigenvalue weighted by Gasteiger charge is -2.18. The predicted molar refractivity (Wildman–Crippen MR) is 112 cm³/mol. The Hall–Kier alpha value is -3.50. The van der Waals surface area contributed by atoms with Crippen LogP contribution in [0.4, 0.5) is 0 Å². The second kappa shape index (κ2) is 8.93. The van der Waals surface area contributed by atoms with Gasteiger partial charge in [-0.25, -0.2) is 4.68 Å². The number of rotatable bonds is 7. The fourth-order valence-corrected chi connectivity index (χ4v) is 4.10. The highest BCUT2D eigenvalue weighted by Gasteiger charge is 2.50. The summed E-state index contributed by atoms with van der Waals surface area (Å²) in [7, 11) is 1.61. The zero-order chi connectivity index (χ0) is 21.9. The number of benzene rings is 2. The lowest BCUT2D eigenvalue weighted by Crippen LogP contribution is -2.45. The van der Waals surface area contributed by atoms with Gasteiger partial charge in [0.05, 0.1) is 26.4 Å². The third-order valence-corrected chi connectivity index (χ3v) is 5.62. The molecule has 2 saturated heterocycles. The topological polar surface area (TPSA) is 110 Å². The number of para-hydroxylation sites is 1. The minimum atomic E-state index is -0.289. The number of tetrazole rings is 1. The van der Waals surface area contributed by atoms with Crippen LogP contribution in [0.25, 0.3) is 11.4 Å². The average Bonchev–Trinajstić information content (AvgIpc) is 3.56. The first kappa shape index (κ1) is 20.4. The van der Waals surface area contributed by atoms with Crippen molar-refractivity contribution in [3.05, 3.63) is 54.6 Å². The number of methoxy groups -OCH3 is 1. The van der Waals surface area contributed by atoms with Crippen molar-refractivity contribution in [2.75, 3.05) is 26.9 Å². The van der Waals surface area contributed by atoms with Gasteiger partial charge in [0, 0.05) is 5.56 Å². The molecule has 0 radical (unpaired) electrons. The summed E-state index contributed by atoms with van der Waals surface area (Å²) in [5.74, 6) is 1.74. The number of nitrogens with one attached hydrogen (secondary N) is 1.